The van der Waals surface area contributed by atoms with Gasteiger partial charge < -0.3 is 5.32 Å². The van der Waals surface area contributed by atoms with Gasteiger partial charge in [0.1, 0.15) is 0 Å². The molecule has 1 aliphatic rings. The zero-order chi connectivity index (χ0) is 13.3. The lowest BCUT2D eigenvalue weighted by atomic mass is 9.71. The number of aromatic nitrogens is 2. The quantitative estimate of drug-likeness (QED) is 0.907. The van der Waals surface area contributed by atoms with Crippen molar-refractivity contribution in [3.8, 4) is 0 Å². The van der Waals surface area contributed by atoms with Gasteiger partial charge in [0.2, 0.25) is 0 Å². The number of aryl methyl sites for hydroxylation is 3. The molecule has 2 aromatic rings. The van der Waals surface area contributed by atoms with E-state index in [1.165, 1.54) is 23.1 Å². The van der Waals surface area contributed by atoms with E-state index < -0.39 is 0 Å². The van der Waals surface area contributed by atoms with Crippen molar-refractivity contribution in [1.29, 1.82) is 0 Å². The maximum absolute atomic E-state index is 4.25. The van der Waals surface area contributed by atoms with E-state index in [1.807, 2.05) is 17.9 Å². The van der Waals surface area contributed by atoms with Gasteiger partial charge in [-0.05, 0) is 30.9 Å². The van der Waals surface area contributed by atoms with Crippen LogP contribution in [0.3, 0.4) is 0 Å². The molecule has 0 bridgehead atoms. The van der Waals surface area contributed by atoms with Gasteiger partial charge in [0.05, 0.1) is 6.20 Å². The Kier molecular flexibility index (Phi) is 3.15. The van der Waals surface area contributed by atoms with E-state index in [1.54, 1.807) is 0 Å². The lowest BCUT2D eigenvalue weighted by molar-refractivity contribution is 0.258. The zero-order valence-corrected chi connectivity index (χ0v) is 11.7. The molecular formula is C16H21N3. The molecule has 3 rings (SSSR count). The molecule has 1 N–H and O–H groups in total. The molecule has 3 nitrogen and oxygen atoms in total. The fourth-order valence-electron chi connectivity index (χ4n) is 2.84. The fourth-order valence-corrected chi connectivity index (χ4v) is 2.84. The molecule has 0 spiro atoms. The summed E-state index contributed by atoms with van der Waals surface area (Å²) in [5.74, 6) is 0. The fraction of sp³-hybridized carbons (Fsp3) is 0.438. The first-order chi connectivity index (χ1) is 9.18. The summed E-state index contributed by atoms with van der Waals surface area (Å²) < 4.78 is 1.88. The van der Waals surface area contributed by atoms with Crippen LogP contribution >= 0.6 is 0 Å². The number of rotatable bonds is 4. The summed E-state index contributed by atoms with van der Waals surface area (Å²) in [6.45, 7) is 4.33. The van der Waals surface area contributed by atoms with Gasteiger partial charge in [-0.2, -0.15) is 5.10 Å². The zero-order valence-electron chi connectivity index (χ0n) is 11.7. The van der Waals surface area contributed by atoms with Crippen molar-refractivity contribution >= 4 is 0 Å². The van der Waals surface area contributed by atoms with E-state index in [4.69, 9.17) is 0 Å². The summed E-state index contributed by atoms with van der Waals surface area (Å²) >= 11 is 0. The van der Waals surface area contributed by atoms with Crippen LogP contribution < -0.4 is 5.32 Å². The van der Waals surface area contributed by atoms with Crippen LogP contribution in [0.2, 0.25) is 0 Å². The predicted octanol–water partition coefficient (Wildman–Crippen LogP) is 2.20. The SMILES string of the molecule is Cc1ccc(C2(CCc3cnn(C)c3)CNC2)cc1. The number of hydrogen-bond donors (Lipinski definition) is 1. The summed E-state index contributed by atoms with van der Waals surface area (Å²) in [5, 5.41) is 7.68. The van der Waals surface area contributed by atoms with Crippen molar-refractivity contribution < 1.29 is 0 Å². The first kappa shape index (κ1) is 12.4. The van der Waals surface area contributed by atoms with E-state index in [2.05, 4.69) is 47.8 Å². The number of benzene rings is 1. The Morgan fingerprint density at radius 3 is 2.53 bits per heavy atom. The summed E-state index contributed by atoms with van der Waals surface area (Å²) in [7, 11) is 1.98. The van der Waals surface area contributed by atoms with Crippen LogP contribution in [0.1, 0.15) is 23.1 Å². The van der Waals surface area contributed by atoms with E-state index in [0.717, 1.165) is 19.5 Å². The lowest BCUT2D eigenvalue weighted by Crippen LogP contribution is -2.57. The maximum atomic E-state index is 4.25. The van der Waals surface area contributed by atoms with Crippen molar-refractivity contribution in [1.82, 2.24) is 15.1 Å². The van der Waals surface area contributed by atoms with Crippen molar-refractivity contribution in [3.05, 3.63) is 53.3 Å². The Balaban J connectivity index is 1.74. The van der Waals surface area contributed by atoms with E-state index in [-0.39, 0.29) is 0 Å². The minimum atomic E-state index is 0.323. The normalized spacial score (nSPS) is 17.2. The highest BCUT2D eigenvalue weighted by molar-refractivity contribution is 5.32. The molecule has 1 aromatic carbocycles. The van der Waals surface area contributed by atoms with Crippen molar-refractivity contribution in [2.24, 2.45) is 7.05 Å². The predicted molar refractivity (Wildman–Crippen MR) is 77.3 cm³/mol. The van der Waals surface area contributed by atoms with Gasteiger partial charge >= 0.3 is 0 Å². The smallest absolute Gasteiger partial charge is 0.0521 e. The topological polar surface area (TPSA) is 29.9 Å². The van der Waals surface area contributed by atoms with Gasteiger partial charge in [0.25, 0.3) is 0 Å². The molecule has 3 heteroatoms. The largest absolute Gasteiger partial charge is 0.315 e. The summed E-state index contributed by atoms with van der Waals surface area (Å²) in [6.07, 6.45) is 6.39. The van der Waals surface area contributed by atoms with Crippen LogP contribution in [-0.2, 0) is 18.9 Å². The standard InChI is InChI=1S/C16H21N3/c1-13-3-5-15(6-4-13)16(11-17-12-16)8-7-14-9-18-19(2)10-14/h3-6,9-10,17H,7-8,11-12H2,1-2H3. The monoisotopic (exact) mass is 255 g/mol. The Bertz CT molecular complexity index is 550. The van der Waals surface area contributed by atoms with E-state index >= 15 is 0 Å². The maximum Gasteiger partial charge on any atom is 0.0521 e. The molecule has 0 atom stereocenters. The van der Waals surface area contributed by atoms with Gasteiger partial charge in [-0.25, -0.2) is 0 Å². The van der Waals surface area contributed by atoms with Crippen LogP contribution in [-0.4, -0.2) is 22.9 Å². The minimum Gasteiger partial charge on any atom is -0.315 e. The Morgan fingerprint density at radius 1 is 1.26 bits per heavy atom. The molecule has 1 aliphatic heterocycles. The lowest BCUT2D eigenvalue weighted by Gasteiger charge is -2.43. The van der Waals surface area contributed by atoms with Crippen molar-refractivity contribution in [3.63, 3.8) is 0 Å². The second-order valence-corrected chi connectivity index (χ2v) is 5.77. The third kappa shape index (κ3) is 2.43. The second kappa shape index (κ2) is 4.82. The first-order valence-corrected chi connectivity index (χ1v) is 6.93. The van der Waals surface area contributed by atoms with Crippen LogP contribution in [0, 0.1) is 6.92 Å². The average molecular weight is 255 g/mol. The van der Waals surface area contributed by atoms with Crippen LogP contribution in [0.4, 0.5) is 0 Å². The van der Waals surface area contributed by atoms with Crippen molar-refractivity contribution in [2.45, 2.75) is 25.2 Å². The molecule has 2 heterocycles. The number of hydrogen-bond acceptors (Lipinski definition) is 2. The summed E-state index contributed by atoms with van der Waals surface area (Å²) in [6, 6.07) is 9.03. The molecule has 0 amide bonds. The summed E-state index contributed by atoms with van der Waals surface area (Å²) in [4.78, 5) is 0. The highest BCUT2D eigenvalue weighted by atomic mass is 15.2. The Labute approximate surface area is 114 Å². The molecule has 1 fully saturated rings. The third-order valence-corrected chi connectivity index (χ3v) is 4.24. The molecule has 100 valence electrons. The molecule has 1 saturated heterocycles. The van der Waals surface area contributed by atoms with Crippen LogP contribution in [0.25, 0.3) is 0 Å². The van der Waals surface area contributed by atoms with Gasteiger partial charge in [0.15, 0.2) is 0 Å². The number of nitrogens with zero attached hydrogens (tertiary/aromatic N) is 2. The van der Waals surface area contributed by atoms with Gasteiger partial charge in [-0.15, -0.1) is 0 Å². The minimum absolute atomic E-state index is 0.323. The van der Waals surface area contributed by atoms with Crippen LogP contribution in [0.5, 0.6) is 0 Å². The second-order valence-electron chi connectivity index (χ2n) is 5.77. The molecule has 0 unspecified atom stereocenters. The third-order valence-electron chi connectivity index (χ3n) is 4.24. The molecule has 0 radical (unpaired) electrons. The molecule has 0 saturated carbocycles. The van der Waals surface area contributed by atoms with Gasteiger partial charge in [0, 0.05) is 31.7 Å². The molecule has 1 aromatic heterocycles. The highest BCUT2D eigenvalue weighted by Crippen LogP contribution is 2.33. The van der Waals surface area contributed by atoms with Gasteiger partial charge in [-0.1, -0.05) is 29.8 Å². The Morgan fingerprint density at radius 2 is 2.00 bits per heavy atom. The van der Waals surface area contributed by atoms with Crippen LogP contribution in [0.15, 0.2) is 36.7 Å². The molecule has 0 aliphatic carbocycles. The first-order valence-electron chi connectivity index (χ1n) is 6.93. The number of nitrogens with one attached hydrogen (secondary N) is 1. The Hall–Kier alpha value is -1.61. The van der Waals surface area contributed by atoms with Gasteiger partial charge in [-0.3, -0.25) is 4.68 Å². The summed E-state index contributed by atoms with van der Waals surface area (Å²) in [5.41, 5.74) is 4.46. The van der Waals surface area contributed by atoms with E-state index in [0.29, 0.717) is 5.41 Å². The average Bonchev–Trinajstić information content (AvgIpc) is 2.76. The molecular weight excluding hydrogens is 234 g/mol. The molecule has 19 heavy (non-hydrogen) atoms. The van der Waals surface area contributed by atoms with Crippen molar-refractivity contribution in [2.75, 3.05) is 13.1 Å². The van der Waals surface area contributed by atoms with E-state index in [9.17, 15) is 0 Å². The highest BCUT2D eigenvalue weighted by Gasteiger charge is 2.37.